The van der Waals surface area contributed by atoms with Crippen LogP contribution in [0.1, 0.15) is 43.6 Å². The molecule has 1 N–H and O–H groups in total. The Morgan fingerprint density at radius 3 is 2.42 bits per heavy atom. The van der Waals surface area contributed by atoms with E-state index in [4.69, 9.17) is 84.8 Å². The molecule has 0 saturated heterocycles. The number of anilines is 1. The lowest BCUT2D eigenvalue weighted by Crippen LogP contribution is -2.49. The maximum atomic E-state index is 14.8. The van der Waals surface area contributed by atoms with Gasteiger partial charge in [0, 0.05) is 41.7 Å². The van der Waals surface area contributed by atoms with Gasteiger partial charge in [0.2, 0.25) is 0 Å². The van der Waals surface area contributed by atoms with Crippen LogP contribution in [-0.4, -0.2) is 99.4 Å². The molecule has 0 amide bonds. The second kappa shape index (κ2) is 13.9. The van der Waals surface area contributed by atoms with Gasteiger partial charge in [-0.1, -0.05) is 11.6 Å². The van der Waals surface area contributed by atoms with Gasteiger partial charge in [0.1, 0.15) is 18.7 Å². The van der Waals surface area contributed by atoms with Crippen LogP contribution in [0.4, 0.5) is 10.2 Å². The summed E-state index contributed by atoms with van der Waals surface area (Å²) in [5.41, 5.74) is 1.98. The first kappa shape index (κ1) is 36.6. The van der Waals surface area contributed by atoms with Crippen LogP contribution in [0.3, 0.4) is 0 Å². The van der Waals surface area contributed by atoms with Gasteiger partial charge >= 0.3 is 8.60 Å². The molecule has 2 bridgehead atoms. The van der Waals surface area contributed by atoms with E-state index in [1.54, 1.807) is 32.3 Å². The van der Waals surface area contributed by atoms with Crippen molar-refractivity contribution in [3.63, 3.8) is 0 Å². The minimum atomic E-state index is -2.26. The quantitative estimate of drug-likeness (QED) is 0.156. The molecule has 1 aliphatic heterocycles. The van der Waals surface area contributed by atoms with E-state index in [9.17, 15) is 4.39 Å². The molecule has 5 rings (SSSR count). The van der Waals surface area contributed by atoms with Gasteiger partial charge in [-0.3, -0.25) is 13.9 Å². The molecular weight excluding hydrogens is 645 g/mol. The molecule has 0 fully saturated rings. The zero-order valence-corrected chi connectivity index (χ0v) is 28.4. The number of hydrogen-bond acceptors (Lipinski definition) is 8. The van der Waals surface area contributed by atoms with Crippen LogP contribution < -0.4 is 10.1 Å². The summed E-state index contributed by atoms with van der Waals surface area (Å²) < 4.78 is 40.6. The smallest absolute Gasteiger partial charge is 0.334 e. The third-order valence-corrected chi connectivity index (χ3v) is 9.13. The Balaban J connectivity index is 1.78. The molecule has 1 aliphatic rings. The zero-order valence-electron chi connectivity index (χ0n) is 26.8. The molecule has 0 spiro atoms. The molecule has 0 aliphatic carbocycles. The second-order valence-corrected chi connectivity index (χ2v) is 12.8. The van der Waals surface area contributed by atoms with Crippen molar-refractivity contribution in [3.05, 3.63) is 64.3 Å². The molecule has 4 aromatic rings. The molecule has 20 heteroatoms. The fourth-order valence-electron chi connectivity index (χ4n) is 5.21. The van der Waals surface area contributed by atoms with Crippen molar-refractivity contribution in [1.82, 2.24) is 24.5 Å². The van der Waals surface area contributed by atoms with Gasteiger partial charge in [0.25, 0.3) is 0 Å². The molecule has 10 nitrogen and oxygen atoms in total. The monoisotopic (exact) mass is 672 g/mol. The number of nitrogens with zero attached hydrogens (tertiary/aromatic N) is 5. The highest BCUT2D eigenvalue weighted by Gasteiger charge is 2.41. The Bertz CT molecular complexity index is 1800. The molecule has 0 unspecified atom stereocenters. The molecule has 3 aromatic heterocycles. The van der Waals surface area contributed by atoms with Gasteiger partial charge < -0.3 is 19.1 Å². The van der Waals surface area contributed by atoms with Crippen LogP contribution in [0.15, 0.2) is 36.7 Å². The van der Waals surface area contributed by atoms with Crippen LogP contribution in [0.25, 0.3) is 22.5 Å². The number of aryl methyl sites for hydroxylation is 1. The summed E-state index contributed by atoms with van der Waals surface area (Å²) in [6.07, 6.45) is 2.28. The van der Waals surface area contributed by atoms with Crippen molar-refractivity contribution in [2.45, 2.75) is 42.5 Å². The summed E-state index contributed by atoms with van der Waals surface area (Å²) in [5, 5.41) is 5.48. The topological polar surface area (TPSA) is 97.5 Å². The van der Waals surface area contributed by atoms with Gasteiger partial charge in [-0.15, -0.1) is 5.11 Å². The van der Waals surface area contributed by atoms with E-state index in [-0.39, 0.29) is 40.3 Å². The number of hydrogen-bond donors (Lipinski definition) is 1. The first-order valence-corrected chi connectivity index (χ1v) is 16.2. The van der Waals surface area contributed by atoms with Crippen molar-refractivity contribution in [3.8, 4) is 28.3 Å². The molecule has 1 aromatic carbocycles. The lowest BCUT2D eigenvalue weighted by Gasteiger charge is -2.43. The van der Waals surface area contributed by atoms with E-state index in [0.29, 0.717) is 35.6 Å². The lowest BCUT2D eigenvalue weighted by atomic mass is 9.26. The minimum absolute atomic E-state index is 0.0519. The second-order valence-electron chi connectivity index (χ2n) is 11.2. The molecule has 48 heavy (non-hydrogen) atoms. The third kappa shape index (κ3) is 6.88. The van der Waals surface area contributed by atoms with Gasteiger partial charge in [0.05, 0.1) is 79.5 Å². The summed E-state index contributed by atoms with van der Waals surface area (Å²) in [4.78, 5) is 4.59. The highest BCUT2D eigenvalue weighted by atomic mass is 35.5. The average Bonchev–Trinajstić information content (AvgIpc) is 3.58. The maximum absolute atomic E-state index is 14.8. The zero-order chi connectivity index (χ0) is 35.2. The lowest BCUT2D eigenvalue weighted by molar-refractivity contribution is 0.177. The Morgan fingerprint density at radius 2 is 1.77 bits per heavy atom. The number of ether oxygens (including phenoxy) is 1. The van der Waals surface area contributed by atoms with Crippen molar-refractivity contribution >= 4 is 80.9 Å². The van der Waals surface area contributed by atoms with Crippen molar-refractivity contribution in [1.29, 1.82) is 0 Å². The summed E-state index contributed by atoms with van der Waals surface area (Å²) >= 11 is 6.80. The number of rotatable bonds is 10. The van der Waals surface area contributed by atoms with Crippen molar-refractivity contribution in [2.24, 2.45) is 7.05 Å². The number of halogens is 2. The number of pyridine rings is 1. The van der Waals surface area contributed by atoms with Crippen molar-refractivity contribution in [2.75, 3.05) is 25.3 Å². The van der Waals surface area contributed by atoms with E-state index in [1.807, 2.05) is 13.8 Å². The van der Waals surface area contributed by atoms with Gasteiger partial charge in [-0.2, -0.15) is 10.2 Å². The fourth-order valence-corrected chi connectivity index (χ4v) is 6.35. The highest BCUT2D eigenvalue weighted by Crippen LogP contribution is 2.47. The summed E-state index contributed by atoms with van der Waals surface area (Å²) in [7, 11) is 45.0. The minimum Gasteiger partial charge on any atom is -0.482 e. The number of nitrogens with one attached hydrogen (secondary N) is 1. The van der Waals surface area contributed by atoms with Crippen LogP contribution >= 0.6 is 20.2 Å². The average molecular weight is 672 g/mol. The van der Waals surface area contributed by atoms with E-state index < -0.39 is 36.2 Å². The standard InChI is InChI=1S/C28H26B7ClFN6O4P/c1-5-44-48(45-6-2)46-13-39-25-20-9-15(11-38-25)23-21(24(36)41-43(23)28(34,35)27(31,32)33)26(29,30)19-12-42(4)40-22(19)17-8-7-16(37)10-18(17)14(3)47-20/h7-12,14H,5-6,13H2,1-4H3,(H,38,39)/t14-/m1/s1. The Morgan fingerprint density at radius 1 is 1.08 bits per heavy atom. The number of aromatic nitrogens is 5. The van der Waals surface area contributed by atoms with Gasteiger partial charge in [-0.05, 0) is 61.2 Å². The van der Waals surface area contributed by atoms with E-state index in [2.05, 4.69) is 20.5 Å². The maximum Gasteiger partial charge on any atom is 0.334 e. The van der Waals surface area contributed by atoms with Gasteiger partial charge in [-0.25, -0.2) is 9.37 Å². The Hall–Kier alpha value is -2.63. The third-order valence-electron chi connectivity index (χ3n) is 7.59. The van der Waals surface area contributed by atoms with E-state index >= 15 is 0 Å². The summed E-state index contributed by atoms with van der Waals surface area (Å²) in [6.45, 7) is 6.10. The summed E-state index contributed by atoms with van der Waals surface area (Å²) in [5.74, 6) is -0.0708. The molecule has 0 saturated carbocycles. The normalized spacial score (nSPS) is 15.9. The highest BCUT2D eigenvalue weighted by molar-refractivity contribution is 7.41. The Labute approximate surface area is 294 Å². The first-order valence-electron chi connectivity index (χ1n) is 14.8. The largest absolute Gasteiger partial charge is 0.482 e. The molecule has 232 valence electrons. The van der Waals surface area contributed by atoms with Crippen LogP contribution in [0, 0.1) is 5.82 Å². The SMILES string of the molecule is [B]C1([B])c2cn(C)nc2-c2ccc(F)cc2[C@@H](C)Oc2cc(cnc2NCOP(OCC)OCC)-c2c1c(Cl)nn2C([B])([B])C([B])([B])[B]. The molecule has 1 atom stereocenters. The van der Waals surface area contributed by atoms with Crippen LogP contribution in [-0.2, 0) is 31.2 Å². The van der Waals surface area contributed by atoms with E-state index in [1.165, 1.54) is 23.0 Å². The molecule has 14 radical (unpaired) electrons. The predicted molar refractivity (Wildman–Crippen MR) is 190 cm³/mol. The molecular formula is C28H26B7ClFN6O4P. The first-order chi connectivity index (χ1) is 22.5. The van der Waals surface area contributed by atoms with E-state index in [0.717, 1.165) is 4.68 Å². The number of benzene rings is 1. The van der Waals surface area contributed by atoms with Crippen LogP contribution in [0.2, 0.25) is 10.3 Å². The van der Waals surface area contributed by atoms with Crippen LogP contribution in [0.5, 0.6) is 5.75 Å². The number of fused-ring (bicyclic) bond motifs is 7. The molecule has 4 heterocycles. The van der Waals surface area contributed by atoms with Crippen molar-refractivity contribution < 1.29 is 22.7 Å². The summed E-state index contributed by atoms with van der Waals surface area (Å²) in [6, 6.07) is 5.80. The Kier molecular flexibility index (Phi) is 10.6. The van der Waals surface area contributed by atoms with Gasteiger partial charge in [0.15, 0.2) is 16.7 Å². The predicted octanol–water partition coefficient (Wildman–Crippen LogP) is 3.34. The fraction of sp³-hybridized carbons (Fsp3) is 0.393.